The maximum atomic E-state index is 12.6. The van der Waals surface area contributed by atoms with E-state index < -0.39 is 6.04 Å². The number of hydrogen-bond acceptors (Lipinski definition) is 5. The number of nitrogens with zero attached hydrogens (tertiary/aromatic N) is 2. The van der Waals surface area contributed by atoms with Crippen LogP contribution in [0.25, 0.3) is 0 Å². The topological polar surface area (TPSA) is 102 Å². The van der Waals surface area contributed by atoms with E-state index in [1.807, 2.05) is 30.3 Å². The van der Waals surface area contributed by atoms with Crippen molar-refractivity contribution in [2.45, 2.75) is 6.04 Å². The molecule has 2 aromatic rings. The number of halogens is 1. The van der Waals surface area contributed by atoms with Gasteiger partial charge in [0.1, 0.15) is 6.54 Å². The first-order valence-electron chi connectivity index (χ1n) is 8.19. The normalized spacial score (nSPS) is 15.1. The maximum Gasteiger partial charge on any atom is 0.249 e. The summed E-state index contributed by atoms with van der Waals surface area (Å²) in [6, 6.07) is 13.9. The molecule has 0 radical (unpaired) electrons. The molecule has 0 bridgehead atoms. The van der Waals surface area contributed by atoms with Crippen LogP contribution in [-0.2, 0) is 9.59 Å². The average molecular weight is 371 g/mol. The first kappa shape index (κ1) is 18.3. The summed E-state index contributed by atoms with van der Waals surface area (Å²) in [4.78, 5) is 30.8. The number of carbonyl (C=O) groups excluding carboxylic acids is 2. The van der Waals surface area contributed by atoms with Crippen LogP contribution in [0.4, 0.5) is 5.69 Å². The molecule has 134 valence electrons. The van der Waals surface area contributed by atoms with Gasteiger partial charge >= 0.3 is 0 Å². The number of fused-ring (bicyclic) bond motifs is 1. The molecular formula is C19H19ClN4O2. The first-order valence-corrected chi connectivity index (χ1v) is 8.57. The van der Waals surface area contributed by atoms with Crippen LogP contribution in [0.15, 0.2) is 53.5 Å². The Hall–Kier alpha value is -2.54. The Morgan fingerprint density at radius 2 is 1.96 bits per heavy atom. The van der Waals surface area contributed by atoms with Crippen molar-refractivity contribution in [1.29, 1.82) is 0 Å². The van der Waals surface area contributed by atoms with E-state index in [9.17, 15) is 9.59 Å². The Morgan fingerprint density at radius 3 is 2.65 bits per heavy atom. The van der Waals surface area contributed by atoms with E-state index in [0.717, 1.165) is 5.56 Å². The number of aliphatic imine (C=N–C) groups is 1. The molecule has 3 rings (SSSR count). The molecule has 0 spiro atoms. The van der Waals surface area contributed by atoms with Gasteiger partial charge in [-0.25, -0.2) is 0 Å². The van der Waals surface area contributed by atoms with Gasteiger partial charge in [0, 0.05) is 22.7 Å². The summed E-state index contributed by atoms with van der Waals surface area (Å²) < 4.78 is 0. The zero-order chi connectivity index (χ0) is 18.7. The van der Waals surface area contributed by atoms with E-state index >= 15 is 0 Å². The van der Waals surface area contributed by atoms with Crippen molar-refractivity contribution in [2.24, 2.45) is 16.5 Å². The number of amides is 1. The molecule has 26 heavy (non-hydrogen) atoms. The van der Waals surface area contributed by atoms with Crippen LogP contribution in [0, 0.1) is 0 Å². The third kappa shape index (κ3) is 3.67. The van der Waals surface area contributed by atoms with Gasteiger partial charge in [-0.15, -0.1) is 0 Å². The largest absolute Gasteiger partial charge is 0.328 e. The van der Waals surface area contributed by atoms with E-state index in [-0.39, 0.29) is 31.3 Å². The van der Waals surface area contributed by atoms with E-state index in [2.05, 4.69) is 4.99 Å². The second kappa shape index (κ2) is 7.78. The van der Waals surface area contributed by atoms with Gasteiger partial charge in [-0.2, -0.15) is 0 Å². The molecule has 6 nitrogen and oxygen atoms in total. The summed E-state index contributed by atoms with van der Waals surface area (Å²) in [6.07, 6.45) is 0. The van der Waals surface area contributed by atoms with Crippen molar-refractivity contribution in [1.82, 2.24) is 0 Å². The van der Waals surface area contributed by atoms with Crippen molar-refractivity contribution < 1.29 is 9.59 Å². The number of benzodiazepines with no additional fused rings is 1. The highest BCUT2D eigenvalue weighted by Gasteiger charge is 2.28. The molecule has 1 heterocycles. The van der Waals surface area contributed by atoms with Crippen molar-refractivity contribution in [2.75, 3.05) is 24.5 Å². The van der Waals surface area contributed by atoms with Crippen LogP contribution in [0.1, 0.15) is 11.1 Å². The molecule has 2 aromatic carbocycles. The van der Waals surface area contributed by atoms with Crippen molar-refractivity contribution in [3.8, 4) is 0 Å². The summed E-state index contributed by atoms with van der Waals surface area (Å²) in [5, 5.41) is 0.520. The van der Waals surface area contributed by atoms with E-state index in [4.69, 9.17) is 23.1 Å². The van der Waals surface area contributed by atoms with Gasteiger partial charge in [0.25, 0.3) is 0 Å². The Kier molecular flexibility index (Phi) is 5.46. The summed E-state index contributed by atoms with van der Waals surface area (Å²) >= 11 is 6.18. The van der Waals surface area contributed by atoms with Crippen LogP contribution in [0.2, 0.25) is 5.02 Å². The van der Waals surface area contributed by atoms with Crippen LogP contribution >= 0.6 is 11.6 Å². The first-order chi connectivity index (χ1) is 12.5. The smallest absolute Gasteiger partial charge is 0.249 e. The molecule has 1 amide bonds. The van der Waals surface area contributed by atoms with Gasteiger partial charge in [0.15, 0.2) is 5.78 Å². The van der Waals surface area contributed by atoms with Crippen molar-refractivity contribution >= 4 is 34.7 Å². The molecule has 1 aliphatic heterocycles. The van der Waals surface area contributed by atoms with E-state index in [1.165, 1.54) is 4.90 Å². The zero-order valence-corrected chi connectivity index (χ0v) is 14.8. The molecular weight excluding hydrogens is 352 g/mol. The lowest BCUT2D eigenvalue weighted by atomic mass is 10.00. The molecule has 0 saturated heterocycles. The van der Waals surface area contributed by atoms with Crippen LogP contribution < -0.4 is 16.4 Å². The summed E-state index contributed by atoms with van der Waals surface area (Å²) in [7, 11) is 0. The van der Waals surface area contributed by atoms with Crippen molar-refractivity contribution in [3.05, 3.63) is 64.7 Å². The van der Waals surface area contributed by atoms with Crippen LogP contribution in [0.3, 0.4) is 0 Å². The average Bonchev–Trinajstić information content (AvgIpc) is 2.78. The number of rotatable bonds is 5. The Morgan fingerprint density at radius 1 is 1.23 bits per heavy atom. The highest BCUT2D eigenvalue weighted by Crippen LogP contribution is 2.29. The van der Waals surface area contributed by atoms with Gasteiger partial charge in [-0.05, 0) is 18.2 Å². The summed E-state index contributed by atoms with van der Waals surface area (Å²) in [5.74, 6) is -0.581. The molecule has 0 aliphatic carbocycles. The molecule has 0 aromatic heterocycles. The predicted octanol–water partition coefficient (Wildman–Crippen LogP) is 1.38. The number of benzene rings is 2. The molecule has 0 saturated carbocycles. The molecule has 1 atom stereocenters. The quantitative estimate of drug-likeness (QED) is 0.830. The van der Waals surface area contributed by atoms with Crippen LogP contribution in [0.5, 0.6) is 0 Å². The Bertz CT molecular complexity index is 867. The van der Waals surface area contributed by atoms with Gasteiger partial charge in [-0.1, -0.05) is 41.9 Å². The lowest BCUT2D eigenvalue weighted by molar-refractivity contribution is -0.122. The van der Waals surface area contributed by atoms with E-state index in [0.29, 0.717) is 22.0 Å². The monoisotopic (exact) mass is 370 g/mol. The fourth-order valence-corrected chi connectivity index (χ4v) is 2.98. The molecule has 1 unspecified atom stereocenters. The molecule has 7 heteroatoms. The standard InChI is InChI=1S/C19H19ClN4O2/c20-13-6-7-16-14(8-13)19(12-4-2-1-3-5-12)23-10-18(26)24(16)11-17(25)15(22)9-21/h1-8,15H,9-11,21-22H2. The number of ketones is 1. The highest BCUT2D eigenvalue weighted by atomic mass is 35.5. The lowest BCUT2D eigenvalue weighted by Gasteiger charge is -2.23. The third-order valence-electron chi connectivity index (χ3n) is 4.21. The van der Waals surface area contributed by atoms with Gasteiger partial charge < -0.3 is 16.4 Å². The lowest BCUT2D eigenvalue weighted by Crippen LogP contribution is -2.46. The van der Waals surface area contributed by atoms with Crippen molar-refractivity contribution in [3.63, 3.8) is 0 Å². The predicted molar refractivity (Wildman–Crippen MR) is 103 cm³/mol. The number of carbonyl (C=O) groups is 2. The minimum absolute atomic E-state index is 0.0279. The highest BCUT2D eigenvalue weighted by molar-refractivity contribution is 6.32. The minimum atomic E-state index is -0.809. The fourth-order valence-electron chi connectivity index (χ4n) is 2.81. The molecule has 0 fully saturated rings. The summed E-state index contributed by atoms with van der Waals surface area (Å²) in [6.45, 7) is -0.189. The second-order valence-corrected chi connectivity index (χ2v) is 6.42. The summed E-state index contributed by atoms with van der Waals surface area (Å²) in [5.41, 5.74) is 14.0. The Balaban J connectivity index is 2.08. The SMILES string of the molecule is NCC(N)C(=O)CN1C(=O)CN=C(c2ccccc2)c2cc(Cl)ccc21. The fraction of sp³-hybridized carbons (Fsp3) is 0.211. The number of hydrogen-bond donors (Lipinski definition) is 2. The number of anilines is 1. The molecule has 1 aliphatic rings. The van der Waals surface area contributed by atoms with E-state index in [1.54, 1.807) is 18.2 Å². The van der Waals surface area contributed by atoms with Gasteiger partial charge in [0.05, 0.1) is 24.0 Å². The Labute approximate surface area is 156 Å². The van der Waals surface area contributed by atoms with Crippen LogP contribution in [-0.4, -0.2) is 43.1 Å². The zero-order valence-electron chi connectivity index (χ0n) is 14.1. The number of Topliss-reactive ketones (excluding diaryl/α,β-unsaturated/α-hetero) is 1. The number of nitrogens with two attached hydrogens (primary N) is 2. The maximum absolute atomic E-state index is 12.6. The second-order valence-electron chi connectivity index (χ2n) is 5.98. The third-order valence-corrected chi connectivity index (χ3v) is 4.44. The molecule has 4 N–H and O–H groups in total. The van der Waals surface area contributed by atoms with Gasteiger partial charge in [0.2, 0.25) is 5.91 Å². The van der Waals surface area contributed by atoms with Gasteiger partial charge in [-0.3, -0.25) is 14.6 Å². The minimum Gasteiger partial charge on any atom is -0.328 e.